The lowest BCUT2D eigenvalue weighted by atomic mass is 10.1. The summed E-state index contributed by atoms with van der Waals surface area (Å²) in [5.74, 6) is 0.947. The van der Waals surface area contributed by atoms with Crippen molar-refractivity contribution in [2.45, 2.75) is 65.4 Å². The van der Waals surface area contributed by atoms with E-state index in [1.807, 2.05) is 12.1 Å². The lowest BCUT2D eigenvalue weighted by molar-refractivity contribution is 0.242. The van der Waals surface area contributed by atoms with E-state index in [1.54, 1.807) is 0 Å². The van der Waals surface area contributed by atoms with Crippen LogP contribution >= 0.6 is 0 Å². The standard InChI is InChI=1S/C17H29NO/c1-4-5-6-7-8-9-13-18-16-11-10-12-17(14-16)19-15(2)3/h10-12,14-15,18H,4-9,13H2,1-3H3. The van der Waals surface area contributed by atoms with Crippen molar-refractivity contribution >= 4 is 5.69 Å². The van der Waals surface area contributed by atoms with Gasteiger partial charge < -0.3 is 10.1 Å². The van der Waals surface area contributed by atoms with Crippen LogP contribution in [0.5, 0.6) is 5.75 Å². The van der Waals surface area contributed by atoms with Crippen LogP contribution in [-0.2, 0) is 0 Å². The zero-order valence-corrected chi connectivity index (χ0v) is 12.7. The Bertz CT molecular complexity index is 336. The van der Waals surface area contributed by atoms with Crippen LogP contribution in [0.3, 0.4) is 0 Å². The molecule has 0 fully saturated rings. The van der Waals surface area contributed by atoms with Crippen molar-refractivity contribution in [2.24, 2.45) is 0 Å². The first-order valence-corrected chi connectivity index (χ1v) is 7.73. The zero-order chi connectivity index (χ0) is 13.9. The molecule has 0 unspecified atom stereocenters. The van der Waals surface area contributed by atoms with Crippen molar-refractivity contribution in [1.82, 2.24) is 0 Å². The van der Waals surface area contributed by atoms with Crippen molar-refractivity contribution in [2.75, 3.05) is 11.9 Å². The fourth-order valence-corrected chi connectivity index (χ4v) is 2.09. The van der Waals surface area contributed by atoms with E-state index in [4.69, 9.17) is 4.74 Å². The van der Waals surface area contributed by atoms with Crippen LogP contribution in [0.25, 0.3) is 0 Å². The summed E-state index contributed by atoms with van der Waals surface area (Å²) in [6, 6.07) is 8.23. The Morgan fingerprint density at radius 2 is 1.79 bits per heavy atom. The molecule has 0 saturated heterocycles. The van der Waals surface area contributed by atoms with Crippen molar-refractivity contribution in [3.05, 3.63) is 24.3 Å². The predicted molar refractivity (Wildman–Crippen MR) is 84.1 cm³/mol. The number of benzene rings is 1. The molecule has 1 rings (SSSR count). The number of anilines is 1. The summed E-state index contributed by atoms with van der Waals surface area (Å²) in [5, 5.41) is 3.47. The Kier molecular flexibility index (Phi) is 8.11. The summed E-state index contributed by atoms with van der Waals surface area (Å²) in [7, 11) is 0. The van der Waals surface area contributed by atoms with Crippen LogP contribution in [0.15, 0.2) is 24.3 Å². The van der Waals surface area contributed by atoms with Gasteiger partial charge in [0.05, 0.1) is 6.10 Å². The van der Waals surface area contributed by atoms with Gasteiger partial charge in [-0.3, -0.25) is 0 Å². The van der Waals surface area contributed by atoms with E-state index in [2.05, 4.69) is 38.2 Å². The van der Waals surface area contributed by atoms with E-state index in [-0.39, 0.29) is 6.10 Å². The molecule has 108 valence electrons. The van der Waals surface area contributed by atoms with Crippen LogP contribution in [0.1, 0.15) is 59.3 Å². The molecule has 2 nitrogen and oxygen atoms in total. The van der Waals surface area contributed by atoms with E-state index >= 15 is 0 Å². The van der Waals surface area contributed by atoms with E-state index in [1.165, 1.54) is 38.5 Å². The molecule has 0 spiro atoms. The molecule has 2 heteroatoms. The monoisotopic (exact) mass is 263 g/mol. The zero-order valence-electron chi connectivity index (χ0n) is 12.7. The van der Waals surface area contributed by atoms with Crippen LogP contribution in [-0.4, -0.2) is 12.6 Å². The molecule has 1 aromatic carbocycles. The molecule has 0 aliphatic carbocycles. The van der Waals surface area contributed by atoms with Crippen molar-refractivity contribution in [3.63, 3.8) is 0 Å². The lowest BCUT2D eigenvalue weighted by Gasteiger charge is -2.12. The van der Waals surface area contributed by atoms with Crippen molar-refractivity contribution in [1.29, 1.82) is 0 Å². The first-order valence-electron chi connectivity index (χ1n) is 7.73. The highest BCUT2D eigenvalue weighted by Crippen LogP contribution is 2.18. The van der Waals surface area contributed by atoms with Gasteiger partial charge in [0.25, 0.3) is 0 Å². The molecule has 0 atom stereocenters. The first kappa shape index (κ1) is 15.9. The lowest BCUT2D eigenvalue weighted by Crippen LogP contribution is -2.06. The number of hydrogen-bond acceptors (Lipinski definition) is 2. The molecule has 0 aromatic heterocycles. The first-order chi connectivity index (χ1) is 9.22. The van der Waals surface area contributed by atoms with E-state index in [9.17, 15) is 0 Å². The summed E-state index contributed by atoms with van der Waals surface area (Å²) in [6.07, 6.45) is 8.26. The minimum absolute atomic E-state index is 0.230. The van der Waals surface area contributed by atoms with E-state index in [0.717, 1.165) is 18.0 Å². The van der Waals surface area contributed by atoms with Crippen LogP contribution < -0.4 is 10.1 Å². The third kappa shape index (κ3) is 7.76. The molecular weight excluding hydrogens is 234 g/mol. The highest BCUT2D eigenvalue weighted by atomic mass is 16.5. The summed E-state index contributed by atoms with van der Waals surface area (Å²) in [4.78, 5) is 0. The Labute approximate surface area is 118 Å². The summed E-state index contributed by atoms with van der Waals surface area (Å²) in [5.41, 5.74) is 1.16. The van der Waals surface area contributed by atoms with Gasteiger partial charge in [-0.1, -0.05) is 45.1 Å². The van der Waals surface area contributed by atoms with Gasteiger partial charge in [0.2, 0.25) is 0 Å². The molecule has 19 heavy (non-hydrogen) atoms. The number of nitrogens with one attached hydrogen (secondary N) is 1. The number of unbranched alkanes of at least 4 members (excludes halogenated alkanes) is 5. The third-order valence-corrected chi connectivity index (χ3v) is 3.07. The molecular formula is C17H29NO. The normalized spacial score (nSPS) is 10.7. The van der Waals surface area contributed by atoms with Crippen molar-refractivity contribution in [3.8, 4) is 5.75 Å². The van der Waals surface area contributed by atoms with Gasteiger partial charge in [0.1, 0.15) is 5.75 Å². The van der Waals surface area contributed by atoms with Gasteiger partial charge in [0.15, 0.2) is 0 Å². The van der Waals surface area contributed by atoms with Gasteiger partial charge in [-0.2, -0.15) is 0 Å². The number of ether oxygens (including phenoxy) is 1. The molecule has 0 heterocycles. The molecule has 0 bridgehead atoms. The predicted octanol–water partition coefficient (Wildman–Crippen LogP) is 5.25. The van der Waals surface area contributed by atoms with Gasteiger partial charge in [-0.15, -0.1) is 0 Å². The SMILES string of the molecule is CCCCCCCCNc1cccc(OC(C)C)c1. The molecule has 0 aliphatic rings. The molecule has 0 radical (unpaired) electrons. The fourth-order valence-electron chi connectivity index (χ4n) is 2.09. The number of rotatable bonds is 10. The second-order valence-electron chi connectivity index (χ2n) is 5.39. The minimum atomic E-state index is 0.230. The van der Waals surface area contributed by atoms with Crippen molar-refractivity contribution < 1.29 is 4.74 Å². The smallest absolute Gasteiger partial charge is 0.121 e. The quantitative estimate of drug-likeness (QED) is 0.582. The average Bonchev–Trinajstić information content (AvgIpc) is 2.37. The summed E-state index contributed by atoms with van der Waals surface area (Å²) >= 11 is 0. The Morgan fingerprint density at radius 3 is 2.53 bits per heavy atom. The second-order valence-corrected chi connectivity index (χ2v) is 5.39. The molecule has 1 aromatic rings. The third-order valence-electron chi connectivity index (χ3n) is 3.07. The highest BCUT2D eigenvalue weighted by Gasteiger charge is 1.99. The Balaban J connectivity index is 2.18. The minimum Gasteiger partial charge on any atom is -0.491 e. The molecule has 0 amide bonds. The highest BCUT2D eigenvalue weighted by molar-refractivity contribution is 5.48. The van der Waals surface area contributed by atoms with Gasteiger partial charge in [0, 0.05) is 18.3 Å². The maximum absolute atomic E-state index is 5.69. The average molecular weight is 263 g/mol. The summed E-state index contributed by atoms with van der Waals surface area (Å²) in [6.45, 7) is 7.41. The van der Waals surface area contributed by atoms with Crippen LogP contribution in [0.2, 0.25) is 0 Å². The topological polar surface area (TPSA) is 21.3 Å². The molecule has 1 N–H and O–H groups in total. The number of hydrogen-bond donors (Lipinski definition) is 1. The maximum Gasteiger partial charge on any atom is 0.121 e. The maximum atomic E-state index is 5.69. The fraction of sp³-hybridized carbons (Fsp3) is 0.647. The molecule has 0 saturated carbocycles. The Hall–Kier alpha value is -1.18. The van der Waals surface area contributed by atoms with Gasteiger partial charge in [-0.05, 0) is 32.4 Å². The van der Waals surface area contributed by atoms with Crippen LogP contribution in [0.4, 0.5) is 5.69 Å². The largest absolute Gasteiger partial charge is 0.491 e. The van der Waals surface area contributed by atoms with Gasteiger partial charge >= 0.3 is 0 Å². The second kappa shape index (κ2) is 9.71. The van der Waals surface area contributed by atoms with E-state index in [0.29, 0.717) is 0 Å². The summed E-state index contributed by atoms with van der Waals surface area (Å²) < 4.78 is 5.69. The Morgan fingerprint density at radius 1 is 1.05 bits per heavy atom. The van der Waals surface area contributed by atoms with Gasteiger partial charge in [-0.25, -0.2) is 0 Å². The molecule has 0 aliphatic heterocycles. The van der Waals surface area contributed by atoms with Crippen LogP contribution in [0, 0.1) is 0 Å². The van der Waals surface area contributed by atoms with E-state index < -0.39 is 0 Å².